The van der Waals surface area contributed by atoms with Crippen LogP contribution in [-0.2, 0) is 6.54 Å². The molecule has 2 rings (SSSR count). The molecule has 0 atom stereocenters. The number of unbranched alkanes of at least 4 members (excludes halogenated alkanes) is 2. The number of aromatic nitrogens is 2. The predicted octanol–water partition coefficient (Wildman–Crippen LogP) is 3.60. The SMILES string of the molecule is CCCCCn1c(N)nc2cc(Cl)c(F)cc21. The lowest BCUT2D eigenvalue weighted by atomic mass is 10.2. The summed E-state index contributed by atoms with van der Waals surface area (Å²) < 4.78 is 15.3. The number of rotatable bonds is 4. The Morgan fingerprint density at radius 2 is 2.18 bits per heavy atom. The Hall–Kier alpha value is -1.29. The van der Waals surface area contributed by atoms with Gasteiger partial charge in [-0.15, -0.1) is 0 Å². The van der Waals surface area contributed by atoms with Gasteiger partial charge in [0.1, 0.15) is 5.82 Å². The van der Waals surface area contributed by atoms with Crippen LogP contribution in [0, 0.1) is 5.82 Å². The van der Waals surface area contributed by atoms with Crippen LogP contribution < -0.4 is 5.73 Å². The average molecular weight is 256 g/mol. The maximum Gasteiger partial charge on any atom is 0.201 e. The average Bonchev–Trinajstić information content (AvgIpc) is 2.57. The number of anilines is 1. The van der Waals surface area contributed by atoms with E-state index in [1.54, 1.807) is 0 Å². The fourth-order valence-electron chi connectivity index (χ4n) is 1.89. The Labute approximate surface area is 104 Å². The molecule has 0 saturated heterocycles. The summed E-state index contributed by atoms with van der Waals surface area (Å²) in [5.41, 5.74) is 7.17. The number of benzene rings is 1. The molecule has 0 saturated carbocycles. The third-order valence-electron chi connectivity index (χ3n) is 2.81. The molecular weight excluding hydrogens is 241 g/mol. The molecule has 0 fully saturated rings. The van der Waals surface area contributed by atoms with Crippen LogP contribution in [-0.4, -0.2) is 9.55 Å². The van der Waals surface area contributed by atoms with Crippen LogP contribution >= 0.6 is 11.6 Å². The summed E-state index contributed by atoms with van der Waals surface area (Å²) in [6.07, 6.45) is 3.26. The predicted molar refractivity (Wildman–Crippen MR) is 68.6 cm³/mol. The summed E-state index contributed by atoms with van der Waals surface area (Å²) in [6.45, 7) is 2.89. The molecule has 0 aliphatic rings. The molecule has 0 amide bonds. The highest BCUT2D eigenvalue weighted by Gasteiger charge is 2.11. The number of nitrogens with zero attached hydrogens (tertiary/aromatic N) is 2. The van der Waals surface area contributed by atoms with E-state index in [2.05, 4.69) is 11.9 Å². The van der Waals surface area contributed by atoms with Crippen molar-refractivity contribution in [3.63, 3.8) is 0 Å². The second kappa shape index (κ2) is 4.92. The first-order valence-electron chi connectivity index (χ1n) is 5.74. The number of halogens is 2. The highest BCUT2D eigenvalue weighted by molar-refractivity contribution is 6.31. The lowest BCUT2D eigenvalue weighted by Crippen LogP contribution is -2.03. The molecule has 1 heterocycles. The van der Waals surface area contributed by atoms with Gasteiger partial charge in [0.2, 0.25) is 5.95 Å². The number of nitrogens with two attached hydrogens (primary N) is 1. The summed E-state index contributed by atoms with van der Waals surface area (Å²) in [4.78, 5) is 4.18. The van der Waals surface area contributed by atoms with Gasteiger partial charge in [-0.2, -0.15) is 0 Å². The molecule has 0 radical (unpaired) electrons. The topological polar surface area (TPSA) is 43.8 Å². The molecule has 1 aromatic heterocycles. The van der Waals surface area contributed by atoms with Crippen LogP contribution in [0.2, 0.25) is 5.02 Å². The fourth-order valence-corrected chi connectivity index (χ4v) is 2.05. The van der Waals surface area contributed by atoms with Gasteiger partial charge in [-0.25, -0.2) is 9.37 Å². The molecule has 0 bridgehead atoms. The van der Waals surface area contributed by atoms with E-state index in [0.29, 0.717) is 17.0 Å². The normalized spacial score (nSPS) is 11.2. The van der Waals surface area contributed by atoms with Crippen molar-refractivity contribution in [2.75, 3.05) is 5.73 Å². The van der Waals surface area contributed by atoms with Crippen LogP contribution in [0.25, 0.3) is 11.0 Å². The quantitative estimate of drug-likeness (QED) is 0.849. The van der Waals surface area contributed by atoms with Crippen molar-refractivity contribution in [3.8, 4) is 0 Å². The molecule has 3 nitrogen and oxygen atoms in total. The van der Waals surface area contributed by atoms with Gasteiger partial charge in [0.25, 0.3) is 0 Å². The second-order valence-electron chi connectivity index (χ2n) is 4.08. The third kappa shape index (κ3) is 2.36. The molecule has 0 aliphatic carbocycles. The lowest BCUT2D eigenvalue weighted by molar-refractivity contribution is 0.612. The van der Waals surface area contributed by atoms with Gasteiger partial charge < -0.3 is 10.3 Å². The van der Waals surface area contributed by atoms with Crippen molar-refractivity contribution in [1.29, 1.82) is 0 Å². The minimum Gasteiger partial charge on any atom is -0.369 e. The summed E-state index contributed by atoms with van der Waals surface area (Å²) in [5.74, 6) is -0.0198. The highest BCUT2D eigenvalue weighted by atomic mass is 35.5. The molecule has 0 unspecified atom stereocenters. The van der Waals surface area contributed by atoms with E-state index in [-0.39, 0.29) is 5.02 Å². The summed E-state index contributed by atoms with van der Waals surface area (Å²) in [6, 6.07) is 2.91. The Morgan fingerprint density at radius 1 is 1.41 bits per heavy atom. The number of nitrogen functional groups attached to an aromatic ring is 1. The van der Waals surface area contributed by atoms with E-state index in [0.717, 1.165) is 25.8 Å². The Balaban J connectivity index is 2.40. The lowest BCUT2D eigenvalue weighted by Gasteiger charge is -2.05. The van der Waals surface area contributed by atoms with E-state index in [1.807, 2.05) is 4.57 Å². The van der Waals surface area contributed by atoms with Crippen molar-refractivity contribution >= 4 is 28.6 Å². The zero-order chi connectivity index (χ0) is 12.4. The van der Waals surface area contributed by atoms with Gasteiger partial charge in [0, 0.05) is 12.6 Å². The van der Waals surface area contributed by atoms with Crippen LogP contribution in [0.1, 0.15) is 26.2 Å². The zero-order valence-corrected chi connectivity index (χ0v) is 10.5. The van der Waals surface area contributed by atoms with Gasteiger partial charge >= 0.3 is 0 Å². The Bertz CT molecular complexity index is 536. The van der Waals surface area contributed by atoms with Crippen molar-refractivity contribution in [1.82, 2.24) is 9.55 Å². The first kappa shape index (κ1) is 12.2. The highest BCUT2D eigenvalue weighted by Crippen LogP contribution is 2.25. The second-order valence-corrected chi connectivity index (χ2v) is 4.49. The molecule has 17 heavy (non-hydrogen) atoms. The summed E-state index contributed by atoms with van der Waals surface area (Å²) >= 11 is 5.71. The molecule has 5 heteroatoms. The number of hydrogen-bond acceptors (Lipinski definition) is 2. The zero-order valence-electron chi connectivity index (χ0n) is 9.71. The molecule has 0 aliphatic heterocycles. The van der Waals surface area contributed by atoms with Gasteiger partial charge in [-0.1, -0.05) is 31.4 Å². The maximum atomic E-state index is 13.4. The molecule has 2 N–H and O–H groups in total. The van der Waals surface area contributed by atoms with Crippen molar-refractivity contribution in [3.05, 3.63) is 23.0 Å². The number of aryl methyl sites for hydroxylation is 1. The molecular formula is C12H15ClFN3. The van der Waals surface area contributed by atoms with Crippen molar-refractivity contribution in [2.45, 2.75) is 32.7 Å². The van der Waals surface area contributed by atoms with Gasteiger partial charge in [0.15, 0.2) is 0 Å². The number of hydrogen-bond donors (Lipinski definition) is 1. The molecule has 92 valence electrons. The minimum absolute atomic E-state index is 0.0794. The smallest absolute Gasteiger partial charge is 0.201 e. The van der Waals surface area contributed by atoms with E-state index in [1.165, 1.54) is 12.1 Å². The van der Waals surface area contributed by atoms with E-state index in [4.69, 9.17) is 17.3 Å². The van der Waals surface area contributed by atoms with E-state index in [9.17, 15) is 4.39 Å². The number of fused-ring (bicyclic) bond motifs is 1. The van der Waals surface area contributed by atoms with Crippen LogP contribution in [0.3, 0.4) is 0 Å². The first-order chi connectivity index (χ1) is 8.13. The monoisotopic (exact) mass is 255 g/mol. The maximum absolute atomic E-state index is 13.4. The first-order valence-corrected chi connectivity index (χ1v) is 6.12. The van der Waals surface area contributed by atoms with E-state index < -0.39 is 5.82 Å². The van der Waals surface area contributed by atoms with E-state index >= 15 is 0 Å². The van der Waals surface area contributed by atoms with Crippen molar-refractivity contribution in [2.24, 2.45) is 0 Å². The summed E-state index contributed by atoms with van der Waals surface area (Å²) in [5, 5.41) is 0.0794. The van der Waals surface area contributed by atoms with Crippen LogP contribution in [0.4, 0.5) is 10.3 Å². The molecule has 2 aromatic rings. The fraction of sp³-hybridized carbons (Fsp3) is 0.417. The standard InChI is InChI=1S/C12H15ClFN3/c1-2-3-4-5-17-11-7-9(14)8(13)6-10(11)16-12(17)15/h6-7H,2-5H2,1H3,(H2,15,16). The largest absolute Gasteiger partial charge is 0.369 e. The van der Waals surface area contributed by atoms with Crippen LogP contribution in [0.15, 0.2) is 12.1 Å². The molecule has 0 spiro atoms. The third-order valence-corrected chi connectivity index (χ3v) is 3.09. The molecule has 1 aromatic carbocycles. The van der Waals surface area contributed by atoms with Crippen LogP contribution in [0.5, 0.6) is 0 Å². The number of imidazole rings is 1. The Kier molecular flexibility index (Phi) is 3.52. The van der Waals surface area contributed by atoms with Gasteiger partial charge in [-0.05, 0) is 12.5 Å². The summed E-state index contributed by atoms with van der Waals surface area (Å²) in [7, 11) is 0. The van der Waals surface area contributed by atoms with Gasteiger partial charge in [-0.3, -0.25) is 0 Å². The van der Waals surface area contributed by atoms with Crippen molar-refractivity contribution < 1.29 is 4.39 Å². The minimum atomic E-state index is -0.434. The Morgan fingerprint density at radius 3 is 2.88 bits per heavy atom. The van der Waals surface area contributed by atoms with Gasteiger partial charge in [0.05, 0.1) is 16.1 Å².